The molecule has 0 rings (SSSR count). The second kappa shape index (κ2) is 27.0. The molecule has 224 valence electrons. The summed E-state index contributed by atoms with van der Waals surface area (Å²) < 4.78 is 42.6. The fraction of sp³-hybridized carbons (Fsp3) is 0.667. The molecule has 41 heavy (non-hydrogen) atoms. The number of unbranched alkanes of at least 4 members (excludes halogenated alkanes) is 5. The van der Waals surface area contributed by atoms with Crippen molar-refractivity contribution in [2.45, 2.75) is 82.8 Å². The number of carbonyl (C=O) groups is 3. The number of rotatable bonds is 23. The number of carbonyl (C=O) groups excluding carboxylic acids is 3. The van der Waals surface area contributed by atoms with Gasteiger partial charge in [0.05, 0.1) is 36.3 Å². The van der Waals surface area contributed by atoms with E-state index in [1.54, 1.807) is 0 Å². The summed E-state index contributed by atoms with van der Waals surface area (Å²) in [4.78, 5) is 34.6. The molecule has 14 heteroatoms. The van der Waals surface area contributed by atoms with E-state index in [0.29, 0.717) is 6.42 Å². The average molecular weight is 621 g/mol. The molecule has 0 heterocycles. The van der Waals surface area contributed by atoms with E-state index in [4.69, 9.17) is 9.47 Å². The summed E-state index contributed by atoms with van der Waals surface area (Å²) in [7, 11) is -5.36. The van der Waals surface area contributed by atoms with E-state index in [1.165, 1.54) is 0 Å². The van der Waals surface area contributed by atoms with Gasteiger partial charge in [-0.3, -0.25) is 9.59 Å². The van der Waals surface area contributed by atoms with Crippen molar-refractivity contribution in [2.75, 3.05) is 26.4 Å². The molecule has 0 amide bonds. The molecule has 0 aromatic carbocycles. The van der Waals surface area contributed by atoms with Gasteiger partial charge in [0.25, 0.3) is 0 Å². The Bertz CT molecular complexity index is 914. The maximum Gasteiger partial charge on any atom is 1.00 e. The standard InChI is InChI=1S/C27H44O11S.2Na/c1-2-3-4-5-6-7-8-9-10-11-12-13-14-15-16-17-24(30)37-21-27(19-28,20-29)22-38-25(31)18-23(26(32)33)39(34,35)36;;/h3-4,6-7,9-10,23,28-29H,2,5,8,11-22H2,1H3,(H,32,33)(H,34,35,36);;/q;2*+1/p-2/b4-3+,7-6+,10-9+;;. The fourth-order valence-corrected chi connectivity index (χ4v) is 3.79. The van der Waals surface area contributed by atoms with Crippen molar-refractivity contribution < 1.29 is 111 Å². The van der Waals surface area contributed by atoms with Gasteiger partial charge in [0.15, 0.2) is 0 Å². The summed E-state index contributed by atoms with van der Waals surface area (Å²) in [6.07, 6.45) is 20.2. The molecule has 0 aliphatic heterocycles. The number of carboxylic acids is 1. The number of aliphatic hydroxyl groups is 2. The van der Waals surface area contributed by atoms with Gasteiger partial charge in [0.1, 0.15) is 23.3 Å². The molecule has 0 aliphatic rings. The van der Waals surface area contributed by atoms with Gasteiger partial charge in [0.2, 0.25) is 0 Å². The van der Waals surface area contributed by atoms with Crippen LogP contribution < -0.4 is 64.2 Å². The number of carboxylic acid groups (broad SMARTS) is 1. The van der Waals surface area contributed by atoms with E-state index in [-0.39, 0.29) is 65.5 Å². The van der Waals surface area contributed by atoms with Crippen molar-refractivity contribution in [3.8, 4) is 0 Å². The minimum Gasteiger partial charge on any atom is -0.747 e. The van der Waals surface area contributed by atoms with Gasteiger partial charge in [0, 0.05) is 6.42 Å². The van der Waals surface area contributed by atoms with Crippen LogP contribution in [0.3, 0.4) is 0 Å². The van der Waals surface area contributed by atoms with Crippen LogP contribution in [0.4, 0.5) is 0 Å². The Morgan fingerprint density at radius 2 is 1.29 bits per heavy atom. The molecule has 0 bridgehead atoms. The first-order valence-electron chi connectivity index (χ1n) is 13.1. The number of hydrogen-bond acceptors (Lipinski definition) is 11. The molecule has 0 radical (unpaired) electrons. The summed E-state index contributed by atoms with van der Waals surface area (Å²) in [6.45, 7) is -0.599. The first-order valence-corrected chi connectivity index (χ1v) is 14.6. The molecule has 0 saturated carbocycles. The molecule has 1 unspecified atom stereocenters. The minimum absolute atomic E-state index is 0. The molecular formula is C27H42Na2O11S. The second-order valence-corrected chi connectivity index (χ2v) is 10.8. The van der Waals surface area contributed by atoms with E-state index in [0.717, 1.165) is 51.4 Å². The smallest absolute Gasteiger partial charge is 0.747 e. The quantitative estimate of drug-likeness (QED) is 0.0370. The SMILES string of the molecule is CC/C=C/C/C=C/C/C=C/CCCCCCCC(=O)OCC(CO)(CO)COC(=O)CC(C(=O)[O-])S(=O)(=O)[O-].[Na+].[Na+]. The maximum atomic E-state index is 12.0. The van der Waals surface area contributed by atoms with Crippen molar-refractivity contribution in [3.63, 3.8) is 0 Å². The molecule has 0 aromatic heterocycles. The fourth-order valence-electron chi connectivity index (χ4n) is 3.22. The zero-order valence-corrected chi connectivity index (χ0v) is 29.4. The summed E-state index contributed by atoms with van der Waals surface area (Å²) >= 11 is 0. The topological polar surface area (TPSA) is 190 Å². The molecule has 0 fully saturated rings. The Morgan fingerprint density at radius 3 is 1.80 bits per heavy atom. The molecule has 0 saturated heterocycles. The number of ether oxygens (including phenoxy) is 2. The van der Waals surface area contributed by atoms with Gasteiger partial charge < -0.3 is 34.1 Å². The van der Waals surface area contributed by atoms with Crippen LogP contribution in [0.25, 0.3) is 0 Å². The first kappa shape index (κ1) is 44.9. The minimum atomic E-state index is -5.36. The van der Waals surface area contributed by atoms with Crippen LogP contribution in [-0.4, -0.2) is 72.8 Å². The zero-order valence-electron chi connectivity index (χ0n) is 24.6. The van der Waals surface area contributed by atoms with Crippen molar-refractivity contribution in [1.29, 1.82) is 0 Å². The molecule has 0 aliphatic carbocycles. The Labute approximate surface area is 288 Å². The average Bonchev–Trinajstić information content (AvgIpc) is 2.89. The largest absolute Gasteiger partial charge is 1.00 e. The number of hydrogen-bond donors (Lipinski definition) is 2. The van der Waals surface area contributed by atoms with Gasteiger partial charge in [-0.25, -0.2) is 8.42 Å². The third kappa shape index (κ3) is 23.6. The number of aliphatic hydroxyl groups excluding tert-OH is 2. The van der Waals surface area contributed by atoms with Gasteiger partial charge in [-0.2, -0.15) is 0 Å². The molecule has 0 spiro atoms. The molecule has 2 N–H and O–H groups in total. The third-order valence-corrected chi connectivity index (χ3v) is 6.80. The Kier molecular flexibility index (Phi) is 29.6. The van der Waals surface area contributed by atoms with Gasteiger partial charge in [-0.15, -0.1) is 0 Å². The number of esters is 2. The van der Waals surface area contributed by atoms with E-state index in [2.05, 4.69) is 43.4 Å². The summed E-state index contributed by atoms with van der Waals surface area (Å²) in [6, 6.07) is 0. The van der Waals surface area contributed by atoms with Crippen LogP contribution in [-0.2, 0) is 34.0 Å². The summed E-state index contributed by atoms with van der Waals surface area (Å²) in [5, 5.41) is 27.4. The van der Waals surface area contributed by atoms with Crippen molar-refractivity contribution in [1.82, 2.24) is 0 Å². The van der Waals surface area contributed by atoms with E-state index >= 15 is 0 Å². The summed E-state index contributed by atoms with van der Waals surface area (Å²) in [5.41, 5.74) is -1.59. The van der Waals surface area contributed by atoms with Crippen LogP contribution in [0.1, 0.15) is 77.6 Å². The normalized spacial score (nSPS) is 12.7. The van der Waals surface area contributed by atoms with Crippen LogP contribution in [0.15, 0.2) is 36.5 Å². The second-order valence-electron chi connectivity index (χ2n) is 9.24. The van der Waals surface area contributed by atoms with Crippen molar-refractivity contribution in [3.05, 3.63) is 36.5 Å². The monoisotopic (exact) mass is 620 g/mol. The third-order valence-electron chi connectivity index (χ3n) is 5.74. The summed E-state index contributed by atoms with van der Waals surface area (Å²) in [5.74, 6) is -4.19. The Balaban J connectivity index is -0.00000722. The maximum absolute atomic E-state index is 12.0. The zero-order chi connectivity index (χ0) is 29.6. The first-order chi connectivity index (χ1) is 18.5. The van der Waals surface area contributed by atoms with Crippen LogP contribution in [0, 0.1) is 5.41 Å². The van der Waals surface area contributed by atoms with E-state index in [9.17, 15) is 42.7 Å². The van der Waals surface area contributed by atoms with Crippen molar-refractivity contribution >= 4 is 28.0 Å². The van der Waals surface area contributed by atoms with Gasteiger partial charge >= 0.3 is 71.1 Å². The molecule has 11 nitrogen and oxygen atoms in total. The van der Waals surface area contributed by atoms with E-state index < -0.39 is 71.5 Å². The van der Waals surface area contributed by atoms with Crippen LogP contribution in [0.2, 0.25) is 0 Å². The number of aliphatic carboxylic acids is 1. The predicted molar refractivity (Wildman–Crippen MR) is 141 cm³/mol. The Morgan fingerprint density at radius 1 is 0.805 bits per heavy atom. The molecular weight excluding hydrogens is 578 g/mol. The molecule has 1 atom stereocenters. The number of allylic oxidation sites excluding steroid dienone is 6. The van der Waals surface area contributed by atoms with Crippen LogP contribution >= 0.6 is 0 Å². The molecule has 0 aromatic rings. The van der Waals surface area contributed by atoms with Gasteiger partial charge in [-0.1, -0.05) is 62.6 Å². The van der Waals surface area contributed by atoms with Crippen molar-refractivity contribution in [2.24, 2.45) is 5.41 Å². The van der Waals surface area contributed by atoms with E-state index in [1.807, 2.05) is 0 Å². The van der Waals surface area contributed by atoms with Gasteiger partial charge in [-0.05, 0) is 38.5 Å². The Hall–Kier alpha value is -0.540. The predicted octanol–water partition coefficient (Wildman–Crippen LogP) is -4.30. The van der Waals surface area contributed by atoms with Crippen LogP contribution in [0.5, 0.6) is 0 Å².